The van der Waals surface area contributed by atoms with Crippen molar-refractivity contribution in [3.63, 3.8) is 0 Å². The number of unbranched alkanes of at least 4 members (excludes halogenated alkanes) is 1. The number of carboxylic acids is 1. The molecule has 1 aromatic heterocycles. The van der Waals surface area contributed by atoms with Crippen LogP contribution >= 0.6 is 11.6 Å². The summed E-state index contributed by atoms with van der Waals surface area (Å²) in [5, 5.41) is 13.0. The number of nitrogens with zero attached hydrogens (tertiary/aromatic N) is 1. The van der Waals surface area contributed by atoms with Crippen molar-refractivity contribution in [2.75, 3.05) is 11.9 Å². The Kier molecular flexibility index (Phi) is 7.08. The Morgan fingerprint density at radius 2 is 1.89 bits per heavy atom. The minimum atomic E-state index is -1.04. The van der Waals surface area contributed by atoms with Crippen LogP contribution in [0.15, 0.2) is 41.2 Å². The van der Waals surface area contributed by atoms with E-state index in [0.717, 1.165) is 24.8 Å². The molecule has 146 valence electrons. The molecule has 1 heterocycles. The maximum Gasteiger partial charge on any atom is 0.323 e. The zero-order valence-electron chi connectivity index (χ0n) is 16.1. The fourth-order valence-corrected chi connectivity index (χ4v) is 3.31. The molecule has 0 fully saturated rings. The standard InChI is InChI=1S/C21H27ClN2O3/c1-4-5-12-21(3,16-7-9-17(22)10-8-16)14-23-18-11-6-15(2)24(20(18)27)13-19(25)26/h6-11,23H,4-5,12-14H2,1-3H3,(H,25,26). The van der Waals surface area contributed by atoms with Gasteiger partial charge in [-0.25, -0.2) is 0 Å². The summed E-state index contributed by atoms with van der Waals surface area (Å²) in [7, 11) is 0. The Balaban J connectivity index is 2.28. The van der Waals surface area contributed by atoms with Crippen molar-refractivity contribution in [1.82, 2.24) is 4.57 Å². The van der Waals surface area contributed by atoms with E-state index in [1.807, 2.05) is 24.3 Å². The SMILES string of the molecule is CCCCC(C)(CNc1ccc(C)n(CC(=O)O)c1=O)c1ccc(Cl)cc1. The predicted octanol–water partition coefficient (Wildman–Crippen LogP) is 4.45. The lowest BCUT2D eigenvalue weighted by molar-refractivity contribution is -0.137. The Morgan fingerprint density at radius 1 is 1.22 bits per heavy atom. The first-order chi connectivity index (χ1) is 12.8. The van der Waals surface area contributed by atoms with E-state index in [0.29, 0.717) is 22.9 Å². The number of hydrogen-bond donors (Lipinski definition) is 2. The van der Waals surface area contributed by atoms with Crippen molar-refractivity contribution in [3.05, 3.63) is 63.0 Å². The quantitative estimate of drug-likeness (QED) is 0.663. The number of pyridine rings is 1. The Morgan fingerprint density at radius 3 is 2.48 bits per heavy atom. The average molecular weight is 391 g/mol. The van der Waals surface area contributed by atoms with E-state index < -0.39 is 5.97 Å². The van der Waals surface area contributed by atoms with Gasteiger partial charge in [0.15, 0.2) is 0 Å². The zero-order chi connectivity index (χ0) is 20.0. The topological polar surface area (TPSA) is 71.3 Å². The number of carbonyl (C=O) groups is 1. The highest BCUT2D eigenvalue weighted by atomic mass is 35.5. The van der Waals surface area contributed by atoms with Crippen LogP contribution in [0.1, 0.15) is 44.4 Å². The van der Waals surface area contributed by atoms with E-state index >= 15 is 0 Å². The van der Waals surface area contributed by atoms with Gasteiger partial charge in [-0.1, -0.05) is 50.4 Å². The molecule has 0 bridgehead atoms. The third-order valence-electron chi connectivity index (χ3n) is 4.98. The smallest absolute Gasteiger partial charge is 0.323 e. The highest BCUT2D eigenvalue weighted by molar-refractivity contribution is 6.30. The first-order valence-electron chi connectivity index (χ1n) is 9.19. The highest BCUT2D eigenvalue weighted by Gasteiger charge is 2.26. The minimum absolute atomic E-state index is 0.171. The van der Waals surface area contributed by atoms with Crippen LogP contribution in [-0.2, 0) is 16.8 Å². The summed E-state index contributed by atoms with van der Waals surface area (Å²) in [6, 6.07) is 11.3. The number of halogens is 1. The second-order valence-corrected chi connectivity index (χ2v) is 7.63. The van der Waals surface area contributed by atoms with Gasteiger partial charge in [0.25, 0.3) is 5.56 Å². The lowest BCUT2D eigenvalue weighted by Gasteiger charge is -2.31. The van der Waals surface area contributed by atoms with Crippen LogP contribution in [0.25, 0.3) is 0 Å². The number of carboxylic acid groups (broad SMARTS) is 1. The first-order valence-corrected chi connectivity index (χ1v) is 9.57. The minimum Gasteiger partial charge on any atom is -0.480 e. The maximum atomic E-state index is 12.7. The number of aliphatic carboxylic acids is 1. The van der Waals surface area contributed by atoms with E-state index in [1.165, 1.54) is 4.57 Å². The number of nitrogens with one attached hydrogen (secondary N) is 1. The van der Waals surface area contributed by atoms with Gasteiger partial charge in [-0.15, -0.1) is 0 Å². The van der Waals surface area contributed by atoms with Gasteiger partial charge in [-0.05, 0) is 43.2 Å². The van der Waals surface area contributed by atoms with Gasteiger partial charge in [-0.2, -0.15) is 0 Å². The molecule has 6 heteroatoms. The Labute approximate surface area is 165 Å². The summed E-state index contributed by atoms with van der Waals surface area (Å²) in [5.41, 5.74) is 1.71. The number of rotatable bonds is 9. The van der Waals surface area contributed by atoms with E-state index in [-0.39, 0.29) is 17.5 Å². The molecule has 0 spiro atoms. The molecule has 2 N–H and O–H groups in total. The van der Waals surface area contributed by atoms with Crippen LogP contribution in [0.4, 0.5) is 5.69 Å². The van der Waals surface area contributed by atoms with Crippen LogP contribution in [0, 0.1) is 6.92 Å². The summed E-state index contributed by atoms with van der Waals surface area (Å²) in [4.78, 5) is 23.7. The van der Waals surface area contributed by atoms with Gasteiger partial charge in [0, 0.05) is 22.7 Å². The van der Waals surface area contributed by atoms with E-state index in [2.05, 4.69) is 19.2 Å². The first kappa shape index (κ1) is 21.0. The third-order valence-corrected chi connectivity index (χ3v) is 5.23. The van der Waals surface area contributed by atoms with Crippen molar-refractivity contribution in [2.45, 2.75) is 52.0 Å². The van der Waals surface area contributed by atoms with Crippen molar-refractivity contribution >= 4 is 23.3 Å². The summed E-state index contributed by atoms with van der Waals surface area (Å²) in [6.45, 7) is 6.28. The molecule has 1 aromatic carbocycles. The number of hydrogen-bond acceptors (Lipinski definition) is 3. The van der Waals surface area contributed by atoms with Crippen LogP contribution in [0.3, 0.4) is 0 Å². The molecule has 27 heavy (non-hydrogen) atoms. The van der Waals surface area contributed by atoms with Crippen LogP contribution < -0.4 is 10.9 Å². The second-order valence-electron chi connectivity index (χ2n) is 7.20. The van der Waals surface area contributed by atoms with Crippen molar-refractivity contribution in [2.24, 2.45) is 0 Å². The van der Waals surface area contributed by atoms with Crippen LogP contribution in [0.2, 0.25) is 5.02 Å². The fourth-order valence-electron chi connectivity index (χ4n) is 3.18. The molecular formula is C21H27ClN2O3. The summed E-state index contributed by atoms with van der Waals surface area (Å²) < 4.78 is 1.27. The molecule has 0 radical (unpaired) electrons. The van der Waals surface area contributed by atoms with Crippen LogP contribution in [0.5, 0.6) is 0 Å². The summed E-state index contributed by atoms with van der Waals surface area (Å²) >= 11 is 6.03. The summed E-state index contributed by atoms with van der Waals surface area (Å²) in [6.07, 6.45) is 3.12. The Bertz CT molecular complexity index is 845. The molecule has 5 nitrogen and oxygen atoms in total. The summed E-state index contributed by atoms with van der Waals surface area (Å²) in [5.74, 6) is -1.04. The molecule has 0 saturated heterocycles. The van der Waals surface area contributed by atoms with E-state index in [1.54, 1.807) is 19.1 Å². The molecule has 0 amide bonds. The highest BCUT2D eigenvalue weighted by Crippen LogP contribution is 2.31. The van der Waals surface area contributed by atoms with Gasteiger partial charge in [-0.3, -0.25) is 14.2 Å². The molecule has 0 saturated carbocycles. The molecule has 1 atom stereocenters. The molecule has 1 unspecified atom stereocenters. The largest absolute Gasteiger partial charge is 0.480 e. The maximum absolute atomic E-state index is 12.7. The lowest BCUT2D eigenvalue weighted by Crippen LogP contribution is -2.34. The number of benzene rings is 1. The molecule has 0 aliphatic carbocycles. The van der Waals surface area contributed by atoms with Crippen molar-refractivity contribution in [3.8, 4) is 0 Å². The van der Waals surface area contributed by atoms with E-state index in [9.17, 15) is 9.59 Å². The van der Waals surface area contributed by atoms with Gasteiger partial charge >= 0.3 is 5.97 Å². The normalized spacial score (nSPS) is 13.2. The molecule has 2 aromatic rings. The lowest BCUT2D eigenvalue weighted by atomic mass is 9.78. The van der Waals surface area contributed by atoms with Crippen molar-refractivity contribution in [1.29, 1.82) is 0 Å². The van der Waals surface area contributed by atoms with Gasteiger partial charge < -0.3 is 10.4 Å². The van der Waals surface area contributed by atoms with Gasteiger partial charge in [0.2, 0.25) is 0 Å². The number of aromatic nitrogens is 1. The molecule has 2 rings (SSSR count). The zero-order valence-corrected chi connectivity index (χ0v) is 16.8. The molecule has 0 aliphatic heterocycles. The second kappa shape index (κ2) is 9.09. The van der Waals surface area contributed by atoms with Crippen molar-refractivity contribution < 1.29 is 9.90 Å². The number of anilines is 1. The predicted molar refractivity (Wildman–Crippen MR) is 110 cm³/mol. The fraction of sp³-hybridized carbons (Fsp3) is 0.429. The van der Waals surface area contributed by atoms with Gasteiger partial charge in [0.05, 0.1) is 0 Å². The third kappa shape index (κ3) is 5.36. The average Bonchev–Trinajstić information content (AvgIpc) is 2.63. The molecule has 0 aliphatic rings. The molecular weight excluding hydrogens is 364 g/mol. The monoisotopic (exact) mass is 390 g/mol. The Hall–Kier alpha value is -2.27. The van der Waals surface area contributed by atoms with Crippen LogP contribution in [-0.4, -0.2) is 22.2 Å². The number of aryl methyl sites for hydroxylation is 1. The van der Waals surface area contributed by atoms with Gasteiger partial charge in [0.1, 0.15) is 12.2 Å². The van der Waals surface area contributed by atoms with E-state index in [4.69, 9.17) is 16.7 Å².